The third-order valence-electron chi connectivity index (χ3n) is 4.14. The summed E-state index contributed by atoms with van der Waals surface area (Å²) in [6, 6.07) is 19.2. The normalized spacial score (nSPS) is 18.9. The summed E-state index contributed by atoms with van der Waals surface area (Å²) in [5, 5.41) is 1.63. The van der Waals surface area contributed by atoms with E-state index in [0.717, 1.165) is 28.5 Å². The molecule has 2 nitrogen and oxygen atoms in total. The largest absolute Gasteiger partial charge is 0.466 e. The predicted octanol–water partition coefficient (Wildman–Crippen LogP) is 4.80. The van der Waals surface area contributed by atoms with Crippen molar-refractivity contribution < 1.29 is 9.30 Å². The van der Waals surface area contributed by atoms with Crippen LogP contribution in [-0.4, -0.2) is 0 Å². The van der Waals surface area contributed by atoms with Crippen LogP contribution in [-0.2, 0) is 9.30 Å². The summed E-state index contributed by atoms with van der Waals surface area (Å²) in [7, 11) is -2.91. The third kappa shape index (κ3) is 3.04. The maximum atomic E-state index is 14.0. The Labute approximate surface area is 137 Å². The summed E-state index contributed by atoms with van der Waals surface area (Å²) in [4.78, 5) is 0. The van der Waals surface area contributed by atoms with Crippen LogP contribution in [0.4, 0.5) is 0 Å². The van der Waals surface area contributed by atoms with E-state index in [2.05, 4.69) is 20.4 Å². The summed E-state index contributed by atoms with van der Waals surface area (Å²) in [6.45, 7) is 8.11. The molecule has 0 unspecified atom stereocenters. The van der Waals surface area contributed by atoms with Crippen LogP contribution in [0.5, 0.6) is 0 Å². The maximum absolute atomic E-state index is 14.0. The molecule has 0 N–H and O–H groups in total. The minimum atomic E-state index is -2.91. The highest BCUT2D eigenvalue weighted by Gasteiger charge is 2.37. The van der Waals surface area contributed by atoms with Gasteiger partial charge in [-0.05, 0) is 0 Å². The van der Waals surface area contributed by atoms with E-state index in [1.54, 1.807) is 0 Å². The topological polar surface area (TPSA) is 26.3 Å². The van der Waals surface area contributed by atoms with Gasteiger partial charge >= 0.3 is 0 Å². The van der Waals surface area contributed by atoms with Gasteiger partial charge in [0.2, 0.25) is 0 Å². The number of hydrogen-bond donors (Lipinski definition) is 0. The van der Waals surface area contributed by atoms with Crippen molar-refractivity contribution in [2.75, 3.05) is 0 Å². The first kappa shape index (κ1) is 15.8. The molecule has 0 bridgehead atoms. The standard InChI is InChI=1S/C20H21O2P/c1-16-14-20(2,3)19(22-16)15-23(21,17-10-6-4-7-11-17)18-12-8-5-9-13-18/h4-13,15H,1,14H2,2-3H3/b19-15-. The molecule has 2 aromatic carbocycles. The van der Waals surface area contributed by atoms with E-state index in [9.17, 15) is 4.57 Å². The van der Waals surface area contributed by atoms with Crippen molar-refractivity contribution >= 4 is 17.8 Å². The fourth-order valence-corrected chi connectivity index (χ4v) is 5.43. The van der Waals surface area contributed by atoms with Crippen LogP contribution in [0.2, 0.25) is 0 Å². The van der Waals surface area contributed by atoms with Crippen LogP contribution in [0.1, 0.15) is 20.3 Å². The van der Waals surface area contributed by atoms with Crippen LogP contribution in [0, 0.1) is 5.41 Å². The fourth-order valence-electron chi connectivity index (χ4n) is 2.87. The second-order valence-electron chi connectivity index (χ2n) is 6.52. The lowest BCUT2D eigenvalue weighted by Crippen LogP contribution is -2.16. The molecule has 0 aliphatic carbocycles. The van der Waals surface area contributed by atoms with Crippen molar-refractivity contribution in [3.8, 4) is 0 Å². The molecule has 1 aliphatic heterocycles. The Morgan fingerprint density at radius 2 is 1.48 bits per heavy atom. The third-order valence-corrected chi connectivity index (χ3v) is 6.87. The molecule has 0 amide bonds. The van der Waals surface area contributed by atoms with Gasteiger partial charge in [-0.1, -0.05) is 81.1 Å². The van der Waals surface area contributed by atoms with Gasteiger partial charge in [0.1, 0.15) is 5.76 Å². The molecule has 0 radical (unpaired) electrons. The fraction of sp³-hybridized carbons (Fsp3) is 0.200. The smallest absolute Gasteiger partial charge is 0.167 e. The van der Waals surface area contributed by atoms with Gasteiger partial charge in [0.05, 0.1) is 5.76 Å². The first-order chi connectivity index (χ1) is 10.9. The van der Waals surface area contributed by atoms with Crippen molar-refractivity contribution in [2.24, 2.45) is 5.41 Å². The molecule has 1 saturated heterocycles. The quantitative estimate of drug-likeness (QED) is 0.758. The molecular formula is C20H21O2P. The van der Waals surface area contributed by atoms with Gasteiger partial charge in [0.15, 0.2) is 7.14 Å². The summed E-state index contributed by atoms with van der Waals surface area (Å²) < 4.78 is 19.8. The summed E-state index contributed by atoms with van der Waals surface area (Å²) in [6.07, 6.45) is 0.752. The average molecular weight is 324 g/mol. The van der Waals surface area contributed by atoms with Crippen molar-refractivity contribution in [3.63, 3.8) is 0 Å². The van der Waals surface area contributed by atoms with Crippen molar-refractivity contribution in [3.05, 3.63) is 84.6 Å². The molecule has 2 aromatic rings. The molecule has 1 aliphatic rings. The van der Waals surface area contributed by atoms with Gasteiger partial charge in [-0.3, -0.25) is 0 Å². The minimum absolute atomic E-state index is 0.184. The first-order valence-electron chi connectivity index (χ1n) is 7.72. The van der Waals surface area contributed by atoms with E-state index in [4.69, 9.17) is 4.74 Å². The molecule has 1 heterocycles. The zero-order valence-corrected chi connectivity index (χ0v) is 14.4. The van der Waals surface area contributed by atoms with Crippen molar-refractivity contribution in [1.82, 2.24) is 0 Å². The average Bonchev–Trinajstić information content (AvgIpc) is 2.80. The molecule has 3 heteroatoms. The molecule has 0 atom stereocenters. The van der Waals surface area contributed by atoms with Gasteiger partial charge in [-0.15, -0.1) is 0 Å². The second-order valence-corrected chi connectivity index (χ2v) is 9.13. The highest BCUT2D eigenvalue weighted by molar-refractivity contribution is 7.81. The van der Waals surface area contributed by atoms with Gasteiger partial charge in [0.25, 0.3) is 0 Å². The van der Waals surface area contributed by atoms with E-state index >= 15 is 0 Å². The van der Waals surface area contributed by atoms with Crippen LogP contribution in [0.25, 0.3) is 0 Å². The van der Waals surface area contributed by atoms with E-state index in [1.807, 2.05) is 66.5 Å². The zero-order valence-electron chi connectivity index (χ0n) is 13.5. The van der Waals surface area contributed by atoms with Gasteiger partial charge in [-0.25, -0.2) is 0 Å². The Morgan fingerprint density at radius 1 is 1.00 bits per heavy atom. The summed E-state index contributed by atoms with van der Waals surface area (Å²) in [5.74, 6) is 3.31. The molecular weight excluding hydrogens is 303 g/mol. The monoisotopic (exact) mass is 324 g/mol. The molecule has 0 spiro atoms. The van der Waals surface area contributed by atoms with Crippen molar-refractivity contribution in [1.29, 1.82) is 0 Å². The highest BCUT2D eigenvalue weighted by atomic mass is 31.2. The van der Waals surface area contributed by atoms with Crippen LogP contribution in [0.15, 0.2) is 84.6 Å². The highest BCUT2D eigenvalue weighted by Crippen LogP contribution is 2.52. The number of rotatable bonds is 3. The lowest BCUT2D eigenvalue weighted by molar-refractivity contribution is 0.305. The van der Waals surface area contributed by atoms with Crippen LogP contribution >= 0.6 is 7.14 Å². The number of benzene rings is 2. The summed E-state index contributed by atoms with van der Waals surface area (Å²) in [5.41, 5.74) is -0.184. The Balaban J connectivity index is 2.19. The molecule has 0 aromatic heterocycles. The van der Waals surface area contributed by atoms with Crippen LogP contribution < -0.4 is 10.6 Å². The van der Waals surface area contributed by atoms with E-state index in [1.165, 1.54) is 0 Å². The number of hydrogen-bond acceptors (Lipinski definition) is 2. The van der Waals surface area contributed by atoms with E-state index < -0.39 is 7.14 Å². The van der Waals surface area contributed by atoms with E-state index in [0.29, 0.717) is 0 Å². The Kier molecular flexibility index (Phi) is 4.04. The Bertz CT molecular complexity index is 745. The lowest BCUT2D eigenvalue weighted by Gasteiger charge is -2.21. The molecule has 1 fully saturated rings. The van der Waals surface area contributed by atoms with Crippen LogP contribution in [0.3, 0.4) is 0 Å². The molecule has 23 heavy (non-hydrogen) atoms. The molecule has 0 saturated carbocycles. The zero-order chi connectivity index (χ0) is 16.5. The van der Waals surface area contributed by atoms with E-state index in [-0.39, 0.29) is 5.41 Å². The Hall–Kier alpha value is -2.05. The van der Waals surface area contributed by atoms with Gasteiger partial charge in [-0.2, -0.15) is 0 Å². The first-order valence-corrected chi connectivity index (χ1v) is 9.49. The summed E-state index contributed by atoms with van der Waals surface area (Å²) >= 11 is 0. The number of allylic oxidation sites excluding steroid dienone is 2. The lowest BCUT2D eigenvalue weighted by atomic mass is 9.90. The molecule has 3 rings (SSSR count). The Morgan fingerprint density at radius 3 is 1.87 bits per heavy atom. The van der Waals surface area contributed by atoms with Crippen molar-refractivity contribution in [2.45, 2.75) is 20.3 Å². The van der Waals surface area contributed by atoms with Gasteiger partial charge in [0, 0.05) is 28.3 Å². The number of ether oxygens (including phenoxy) is 1. The molecule has 118 valence electrons. The SMILES string of the molecule is C=C1CC(C)(C)/C(=C/P(=O)(c2ccccc2)c2ccccc2)O1. The van der Waals surface area contributed by atoms with Gasteiger partial charge < -0.3 is 9.30 Å². The predicted molar refractivity (Wildman–Crippen MR) is 96.5 cm³/mol. The minimum Gasteiger partial charge on any atom is -0.466 e. The second kappa shape index (κ2) is 5.86. The maximum Gasteiger partial charge on any atom is 0.167 e.